The maximum Gasteiger partial charge on any atom is 0.0178 e. The Bertz CT molecular complexity index is 1470. The van der Waals surface area contributed by atoms with E-state index in [1.165, 1.54) is 54.9 Å². The van der Waals surface area contributed by atoms with Crippen molar-refractivity contribution in [3.63, 3.8) is 0 Å². The predicted octanol–water partition coefficient (Wildman–Crippen LogP) is 8.73. The zero-order valence-electron chi connectivity index (χ0n) is 17.0. The molecule has 0 saturated carbocycles. The molecule has 0 heterocycles. The Balaban J connectivity index is 1.63. The molecule has 0 radical (unpaired) electrons. The van der Waals surface area contributed by atoms with Gasteiger partial charge in [0, 0.05) is 9.89 Å². The zero-order valence-corrected chi connectivity index (χ0v) is 18.6. The number of hydrogen-bond acceptors (Lipinski definition) is 0. The van der Waals surface area contributed by atoms with Crippen LogP contribution in [0.2, 0.25) is 0 Å². The molecule has 0 unspecified atom stereocenters. The fraction of sp³-hybridized carbons (Fsp3) is 0.103. The van der Waals surface area contributed by atoms with E-state index < -0.39 is 0 Å². The molecule has 0 saturated heterocycles. The van der Waals surface area contributed by atoms with E-state index in [-0.39, 0.29) is 5.41 Å². The molecule has 30 heavy (non-hydrogen) atoms. The van der Waals surface area contributed by atoms with Crippen molar-refractivity contribution in [3.05, 3.63) is 107 Å². The average Bonchev–Trinajstić information content (AvgIpc) is 2.99. The van der Waals surface area contributed by atoms with Crippen LogP contribution < -0.4 is 0 Å². The maximum atomic E-state index is 3.66. The van der Waals surface area contributed by atoms with Gasteiger partial charge in [-0.05, 0) is 79.2 Å². The van der Waals surface area contributed by atoms with E-state index >= 15 is 0 Å². The molecule has 1 heteroatoms. The molecular weight excluding hydrogens is 428 g/mol. The third-order valence-corrected chi connectivity index (χ3v) is 7.21. The molecule has 0 N–H and O–H groups in total. The minimum Gasteiger partial charge on any atom is -0.0616 e. The molecule has 144 valence electrons. The smallest absolute Gasteiger partial charge is 0.0178 e. The van der Waals surface area contributed by atoms with E-state index in [9.17, 15) is 0 Å². The molecular formula is C29H21Br. The number of hydrogen-bond donors (Lipinski definition) is 0. The van der Waals surface area contributed by atoms with Gasteiger partial charge in [0.25, 0.3) is 0 Å². The van der Waals surface area contributed by atoms with Crippen LogP contribution in [0.3, 0.4) is 0 Å². The van der Waals surface area contributed by atoms with Crippen LogP contribution in [0.5, 0.6) is 0 Å². The largest absolute Gasteiger partial charge is 0.0616 e. The van der Waals surface area contributed by atoms with Crippen molar-refractivity contribution in [2.24, 2.45) is 0 Å². The monoisotopic (exact) mass is 448 g/mol. The average molecular weight is 449 g/mol. The van der Waals surface area contributed by atoms with Crippen molar-refractivity contribution < 1.29 is 0 Å². The van der Waals surface area contributed by atoms with Crippen LogP contribution in [0.25, 0.3) is 43.8 Å². The summed E-state index contributed by atoms with van der Waals surface area (Å²) in [6.07, 6.45) is 0. The van der Waals surface area contributed by atoms with Gasteiger partial charge in [0.05, 0.1) is 0 Å². The van der Waals surface area contributed by atoms with E-state index in [4.69, 9.17) is 0 Å². The summed E-state index contributed by atoms with van der Waals surface area (Å²) in [5.41, 5.74) is 8.09. The molecule has 5 aromatic rings. The zero-order chi connectivity index (χ0) is 20.5. The molecule has 0 aromatic heterocycles. The standard InChI is InChI=1S/C29H21Br/c1-29(2)27-16-19(11-13-24(27)25-14-12-20(30)17-28(25)29)26-15-18-7-3-4-8-21(18)22-9-5-6-10-23(22)26/h3-17H,1-2H3. The minimum atomic E-state index is -0.0168. The van der Waals surface area contributed by atoms with Crippen molar-refractivity contribution >= 4 is 37.5 Å². The second-order valence-electron chi connectivity index (χ2n) is 8.77. The lowest BCUT2D eigenvalue weighted by Crippen LogP contribution is -2.15. The normalized spacial score (nSPS) is 14.1. The van der Waals surface area contributed by atoms with Crippen molar-refractivity contribution in [3.8, 4) is 22.3 Å². The van der Waals surface area contributed by atoms with Crippen molar-refractivity contribution in [2.75, 3.05) is 0 Å². The van der Waals surface area contributed by atoms with Gasteiger partial charge in [-0.3, -0.25) is 0 Å². The van der Waals surface area contributed by atoms with E-state index in [2.05, 4.69) is 121 Å². The van der Waals surface area contributed by atoms with Crippen LogP contribution in [-0.4, -0.2) is 0 Å². The van der Waals surface area contributed by atoms with Crippen molar-refractivity contribution in [1.82, 2.24) is 0 Å². The highest BCUT2D eigenvalue weighted by Crippen LogP contribution is 2.50. The quantitative estimate of drug-likeness (QED) is 0.225. The maximum absolute atomic E-state index is 3.66. The first kappa shape index (κ1) is 17.9. The summed E-state index contributed by atoms with van der Waals surface area (Å²) < 4.78 is 1.14. The predicted molar refractivity (Wildman–Crippen MR) is 132 cm³/mol. The third-order valence-electron chi connectivity index (χ3n) is 6.72. The van der Waals surface area contributed by atoms with Crippen LogP contribution in [0.15, 0.2) is 95.5 Å². The SMILES string of the molecule is CC1(C)c2cc(Br)ccc2-c2ccc(-c3cc4ccccc4c4ccccc34)cc21. The molecule has 0 aliphatic heterocycles. The van der Waals surface area contributed by atoms with Gasteiger partial charge < -0.3 is 0 Å². The van der Waals surface area contributed by atoms with E-state index in [1.807, 2.05) is 0 Å². The summed E-state index contributed by atoms with van der Waals surface area (Å²) >= 11 is 3.66. The van der Waals surface area contributed by atoms with Crippen molar-refractivity contribution in [2.45, 2.75) is 19.3 Å². The topological polar surface area (TPSA) is 0 Å². The molecule has 0 bridgehead atoms. The van der Waals surface area contributed by atoms with Crippen LogP contribution >= 0.6 is 15.9 Å². The van der Waals surface area contributed by atoms with Crippen LogP contribution in [-0.2, 0) is 5.41 Å². The molecule has 0 amide bonds. The highest BCUT2D eigenvalue weighted by molar-refractivity contribution is 9.10. The molecule has 6 rings (SSSR count). The second-order valence-corrected chi connectivity index (χ2v) is 9.68. The summed E-state index contributed by atoms with van der Waals surface area (Å²) in [7, 11) is 0. The third kappa shape index (κ3) is 2.45. The molecule has 0 atom stereocenters. The van der Waals surface area contributed by atoms with E-state index in [0.29, 0.717) is 0 Å². The first-order valence-electron chi connectivity index (χ1n) is 10.4. The Labute approximate surface area is 185 Å². The summed E-state index contributed by atoms with van der Waals surface area (Å²) in [5, 5.41) is 5.23. The first-order chi connectivity index (χ1) is 14.5. The Kier molecular flexibility index (Phi) is 3.76. The second kappa shape index (κ2) is 6.30. The number of benzene rings is 5. The van der Waals surface area contributed by atoms with Crippen LogP contribution in [0.1, 0.15) is 25.0 Å². The lowest BCUT2D eigenvalue weighted by molar-refractivity contribution is 0.660. The Morgan fingerprint density at radius 3 is 2.00 bits per heavy atom. The Morgan fingerprint density at radius 2 is 1.20 bits per heavy atom. The van der Waals surface area contributed by atoms with Gasteiger partial charge >= 0.3 is 0 Å². The van der Waals surface area contributed by atoms with Gasteiger partial charge in [-0.1, -0.05) is 96.5 Å². The highest BCUT2D eigenvalue weighted by Gasteiger charge is 2.35. The molecule has 1 aliphatic carbocycles. The van der Waals surface area contributed by atoms with Crippen molar-refractivity contribution in [1.29, 1.82) is 0 Å². The number of fused-ring (bicyclic) bond motifs is 6. The molecule has 1 aliphatic rings. The Hall–Kier alpha value is -2.90. The van der Waals surface area contributed by atoms with Gasteiger partial charge in [-0.15, -0.1) is 0 Å². The lowest BCUT2D eigenvalue weighted by atomic mass is 9.81. The van der Waals surface area contributed by atoms with Gasteiger partial charge in [0.1, 0.15) is 0 Å². The van der Waals surface area contributed by atoms with Crippen LogP contribution in [0, 0.1) is 0 Å². The van der Waals surface area contributed by atoms with E-state index in [1.54, 1.807) is 0 Å². The summed E-state index contributed by atoms with van der Waals surface area (Å²) in [6, 6.07) is 33.5. The summed E-state index contributed by atoms with van der Waals surface area (Å²) in [4.78, 5) is 0. The highest BCUT2D eigenvalue weighted by atomic mass is 79.9. The van der Waals surface area contributed by atoms with Gasteiger partial charge in [0.2, 0.25) is 0 Å². The van der Waals surface area contributed by atoms with Crippen LogP contribution in [0.4, 0.5) is 0 Å². The fourth-order valence-corrected chi connectivity index (χ4v) is 5.53. The molecule has 0 spiro atoms. The lowest BCUT2D eigenvalue weighted by Gasteiger charge is -2.22. The first-order valence-corrected chi connectivity index (χ1v) is 11.2. The van der Waals surface area contributed by atoms with Gasteiger partial charge in [0.15, 0.2) is 0 Å². The summed E-state index contributed by atoms with van der Waals surface area (Å²) in [6.45, 7) is 4.68. The minimum absolute atomic E-state index is 0.0168. The molecule has 5 aromatic carbocycles. The number of rotatable bonds is 1. The number of halogens is 1. The molecule has 0 fully saturated rings. The van der Waals surface area contributed by atoms with Gasteiger partial charge in [-0.2, -0.15) is 0 Å². The molecule has 0 nitrogen and oxygen atoms in total. The van der Waals surface area contributed by atoms with Gasteiger partial charge in [-0.25, -0.2) is 0 Å². The fourth-order valence-electron chi connectivity index (χ4n) is 5.17. The summed E-state index contributed by atoms with van der Waals surface area (Å²) in [5.74, 6) is 0. The van der Waals surface area contributed by atoms with E-state index in [0.717, 1.165) is 4.47 Å². The Morgan fingerprint density at radius 1 is 0.567 bits per heavy atom.